The van der Waals surface area contributed by atoms with E-state index in [0.29, 0.717) is 11.3 Å². The highest BCUT2D eigenvalue weighted by atomic mass is 32.2. The second-order valence-corrected chi connectivity index (χ2v) is 5.80. The van der Waals surface area contributed by atoms with Crippen LogP contribution in [-0.4, -0.2) is 36.3 Å². The van der Waals surface area contributed by atoms with E-state index in [-0.39, 0.29) is 0 Å². The Morgan fingerprint density at radius 2 is 2.00 bits per heavy atom. The highest BCUT2D eigenvalue weighted by molar-refractivity contribution is 8.02. The number of hydrogen-bond acceptors (Lipinski definition) is 4. The molecule has 2 heterocycles. The van der Waals surface area contributed by atoms with E-state index in [0.717, 1.165) is 13.2 Å². The van der Waals surface area contributed by atoms with Crippen LogP contribution in [0.15, 0.2) is 11.1 Å². The molecule has 0 aromatic heterocycles. The summed E-state index contributed by atoms with van der Waals surface area (Å²) >= 11 is 1.86. The zero-order valence-corrected chi connectivity index (χ0v) is 10.6. The van der Waals surface area contributed by atoms with Crippen molar-refractivity contribution in [1.82, 2.24) is 4.90 Å². The third kappa shape index (κ3) is 2.32. The summed E-state index contributed by atoms with van der Waals surface area (Å²) in [6, 6.07) is 0. The number of nitrogens with zero attached hydrogens (tertiary/aromatic N) is 1. The molecule has 4 heteroatoms. The molecule has 0 radical (unpaired) electrons. The van der Waals surface area contributed by atoms with Gasteiger partial charge in [0.05, 0.1) is 18.6 Å². The molecule has 15 heavy (non-hydrogen) atoms. The van der Waals surface area contributed by atoms with E-state index >= 15 is 0 Å². The van der Waals surface area contributed by atoms with Gasteiger partial charge in [0.25, 0.3) is 0 Å². The van der Waals surface area contributed by atoms with Crippen LogP contribution in [0.2, 0.25) is 0 Å². The summed E-state index contributed by atoms with van der Waals surface area (Å²) in [5, 5.41) is 2.77. The first-order chi connectivity index (χ1) is 6.99. The van der Waals surface area contributed by atoms with Crippen LogP contribution in [0.5, 0.6) is 0 Å². The molecule has 3 nitrogen and oxygen atoms in total. The molecule has 0 N–H and O–H groups in total. The van der Waals surface area contributed by atoms with Gasteiger partial charge < -0.3 is 14.4 Å². The Hall–Kier alpha value is -0.190. The maximum atomic E-state index is 5.67. The molecular weight excluding hydrogens is 210 g/mol. The van der Waals surface area contributed by atoms with Gasteiger partial charge in [-0.25, -0.2) is 0 Å². The molecule has 0 aromatic carbocycles. The molecule has 0 bridgehead atoms. The summed E-state index contributed by atoms with van der Waals surface area (Å²) in [6.45, 7) is 7.66. The number of thioether (sulfide) groups is 1. The molecule has 1 fully saturated rings. The summed E-state index contributed by atoms with van der Waals surface area (Å²) < 4.78 is 11.3. The first-order valence-corrected chi connectivity index (χ1v) is 6.30. The summed E-state index contributed by atoms with van der Waals surface area (Å²) in [7, 11) is 2.14. The van der Waals surface area contributed by atoms with Gasteiger partial charge in [0.2, 0.25) is 0 Å². The Morgan fingerprint density at radius 3 is 2.47 bits per heavy atom. The molecule has 1 atom stereocenters. The van der Waals surface area contributed by atoms with E-state index in [9.17, 15) is 0 Å². The second kappa shape index (κ2) is 4.00. The standard InChI is InChI=1S/C11H19NO2S/c1-8-12(4)10(7-15-8)9-5-13-11(2,3)14-6-9/h7-9H,5-6H2,1-4H3. The van der Waals surface area contributed by atoms with Crippen molar-refractivity contribution in [2.24, 2.45) is 5.92 Å². The molecule has 1 saturated heterocycles. The van der Waals surface area contributed by atoms with Crippen LogP contribution in [-0.2, 0) is 9.47 Å². The topological polar surface area (TPSA) is 21.7 Å². The van der Waals surface area contributed by atoms with Gasteiger partial charge in [-0.15, -0.1) is 11.8 Å². The molecule has 0 aromatic rings. The second-order valence-electron chi connectivity index (χ2n) is 4.61. The average molecular weight is 229 g/mol. The minimum Gasteiger partial charge on any atom is -0.365 e. The maximum Gasteiger partial charge on any atom is 0.162 e. The van der Waals surface area contributed by atoms with Crippen LogP contribution in [0, 0.1) is 5.92 Å². The highest BCUT2D eigenvalue weighted by Gasteiger charge is 2.33. The van der Waals surface area contributed by atoms with Gasteiger partial charge in [-0.05, 0) is 26.2 Å². The molecule has 0 amide bonds. The number of hydrogen-bond donors (Lipinski definition) is 0. The van der Waals surface area contributed by atoms with Gasteiger partial charge in [-0.1, -0.05) is 0 Å². The van der Waals surface area contributed by atoms with Crippen LogP contribution >= 0.6 is 11.8 Å². The van der Waals surface area contributed by atoms with Gasteiger partial charge in [0.15, 0.2) is 5.79 Å². The number of ether oxygens (including phenoxy) is 2. The molecule has 0 saturated carbocycles. The zero-order valence-electron chi connectivity index (χ0n) is 9.82. The maximum absolute atomic E-state index is 5.67. The van der Waals surface area contributed by atoms with Gasteiger partial charge in [0, 0.05) is 18.7 Å². The minimum absolute atomic E-state index is 0.389. The van der Waals surface area contributed by atoms with Crippen LogP contribution < -0.4 is 0 Å². The molecule has 1 unspecified atom stereocenters. The quantitative estimate of drug-likeness (QED) is 0.687. The molecule has 2 aliphatic rings. The largest absolute Gasteiger partial charge is 0.365 e. The van der Waals surface area contributed by atoms with Gasteiger partial charge in [-0.2, -0.15) is 0 Å². The van der Waals surface area contributed by atoms with Crippen molar-refractivity contribution in [3.05, 3.63) is 11.1 Å². The van der Waals surface area contributed by atoms with Crippen LogP contribution in [0.4, 0.5) is 0 Å². The van der Waals surface area contributed by atoms with Crippen molar-refractivity contribution in [2.45, 2.75) is 31.9 Å². The van der Waals surface area contributed by atoms with E-state index in [4.69, 9.17) is 9.47 Å². The third-order valence-electron chi connectivity index (χ3n) is 3.02. The van der Waals surface area contributed by atoms with Crippen molar-refractivity contribution in [2.75, 3.05) is 20.3 Å². The Balaban J connectivity index is 1.97. The summed E-state index contributed by atoms with van der Waals surface area (Å²) in [6.07, 6.45) is 0. The zero-order chi connectivity index (χ0) is 11.1. The normalized spacial score (nSPS) is 31.9. The SMILES string of the molecule is CC1SC=C(C2COC(C)(C)OC2)N1C. The van der Waals surface area contributed by atoms with Gasteiger partial charge in [-0.3, -0.25) is 0 Å². The van der Waals surface area contributed by atoms with Crippen molar-refractivity contribution < 1.29 is 9.47 Å². The molecular formula is C11H19NO2S. The van der Waals surface area contributed by atoms with Crippen molar-refractivity contribution in [3.8, 4) is 0 Å². The number of rotatable bonds is 1. The lowest BCUT2D eigenvalue weighted by Crippen LogP contribution is -2.42. The first-order valence-electron chi connectivity index (χ1n) is 5.36. The third-order valence-corrected chi connectivity index (χ3v) is 4.11. The summed E-state index contributed by atoms with van der Waals surface area (Å²) in [4.78, 5) is 2.31. The Kier molecular flexibility index (Phi) is 3.01. The fourth-order valence-electron chi connectivity index (χ4n) is 1.80. The minimum atomic E-state index is -0.410. The lowest BCUT2D eigenvalue weighted by molar-refractivity contribution is -0.258. The highest BCUT2D eigenvalue weighted by Crippen LogP contribution is 2.35. The summed E-state index contributed by atoms with van der Waals surface area (Å²) in [5.41, 5.74) is 1.35. The Bertz CT molecular complexity index is 268. The Labute approximate surface area is 95.8 Å². The van der Waals surface area contributed by atoms with Gasteiger partial charge >= 0.3 is 0 Å². The lowest BCUT2D eigenvalue weighted by Gasteiger charge is -2.37. The van der Waals surface area contributed by atoms with Crippen LogP contribution in [0.1, 0.15) is 20.8 Å². The van der Waals surface area contributed by atoms with E-state index in [1.54, 1.807) is 0 Å². The summed E-state index contributed by atoms with van der Waals surface area (Å²) in [5.74, 6) is -0.0204. The van der Waals surface area contributed by atoms with E-state index in [1.807, 2.05) is 25.6 Å². The molecule has 86 valence electrons. The average Bonchev–Trinajstić information content (AvgIpc) is 2.49. The van der Waals surface area contributed by atoms with Gasteiger partial charge in [0.1, 0.15) is 0 Å². The first kappa shape index (κ1) is 11.3. The van der Waals surface area contributed by atoms with Crippen molar-refractivity contribution in [1.29, 1.82) is 0 Å². The molecule has 0 aliphatic carbocycles. The van der Waals surface area contributed by atoms with E-state index in [2.05, 4.69) is 24.3 Å². The fraction of sp³-hybridized carbons (Fsp3) is 0.818. The van der Waals surface area contributed by atoms with Crippen LogP contribution in [0.25, 0.3) is 0 Å². The van der Waals surface area contributed by atoms with E-state index < -0.39 is 5.79 Å². The molecule has 2 aliphatic heterocycles. The predicted molar refractivity (Wildman–Crippen MR) is 62.4 cm³/mol. The monoisotopic (exact) mass is 229 g/mol. The van der Waals surface area contributed by atoms with Crippen molar-refractivity contribution in [3.63, 3.8) is 0 Å². The van der Waals surface area contributed by atoms with Crippen molar-refractivity contribution >= 4 is 11.8 Å². The Morgan fingerprint density at radius 1 is 1.40 bits per heavy atom. The van der Waals surface area contributed by atoms with Crippen LogP contribution in [0.3, 0.4) is 0 Å². The smallest absolute Gasteiger partial charge is 0.162 e. The lowest BCUT2D eigenvalue weighted by atomic mass is 10.1. The fourth-order valence-corrected chi connectivity index (χ4v) is 2.80. The predicted octanol–water partition coefficient (Wildman–Crippen LogP) is 2.25. The van der Waals surface area contributed by atoms with E-state index in [1.165, 1.54) is 5.70 Å². The molecule has 0 spiro atoms. The molecule has 2 rings (SSSR count).